The Kier molecular flexibility index (Phi) is 6.83. The van der Waals surface area contributed by atoms with Gasteiger partial charge in [-0.1, -0.05) is 13.8 Å². The van der Waals surface area contributed by atoms with E-state index in [0.29, 0.717) is 5.95 Å². The van der Waals surface area contributed by atoms with Gasteiger partial charge in [0.25, 0.3) is 0 Å². The van der Waals surface area contributed by atoms with E-state index in [-0.39, 0.29) is 30.3 Å². The van der Waals surface area contributed by atoms with E-state index in [0.717, 1.165) is 30.2 Å². The number of aromatic nitrogens is 2. The number of carbonyl (C=O) groups excluding carboxylic acids is 1. The number of amides is 1. The first-order valence-corrected chi connectivity index (χ1v) is 9.46. The van der Waals surface area contributed by atoms with Gasteiger partial charge in [0.2, 0.25) is 5.95 Å². The van der Waals surface area contributed by atoms with Crippen molar-refractivity contribution in [3.05, 3.63) is 16.9 Å². The fourth-order valence-corrected chi connectivity index (χ4v) is 3.46. The molecule has 1 fully saturated rings. The molecule has 0 aliphatic carbocycles. The first-order chi connectivity index (χ1) is 11.4. The minimum Gasteiger partial charge on any atom is -0.447 e. The quantitative estimate of drug-likeness (QED) is 0.803. The first kappa shape index (κ1) is 19.0. The number of anilines is 1. The second-order valence-corrected chi connectivity index (χ2v) is 7.42. The summed E-state index contributed by atoms with van der Waals surface area (Å²) in [6.45, 7) is 8.01. The molecule has 24 heavy (non-hydrogen) atoms. The van der Waals surface area contributed by atoms with Crippen LogP contribution in [-0.2, 0) is 4.74 Å². The van der Waals surface area contributed by atoms with Gasteiger partial charge in [0.05, 0.1) is 10.6 Å². The number of hydrogen-bond donors (Lipinski definition) is 1. The van der Waals surface area contributed by atoms with Crippen molar-refractivity contribution in [3.63, 3.8) is 0 Å². The van der Waals surface area contributed by atoms with Crippen LogP contribution >= 0.6 is 15.9 Å². The van der Waals surface area contributed by atoms with Crippen LogP contribution in [0.4, 0.5) is 10.7 Å². The Morgan fingerprint density at radius 2 is 1.83 bits per heavy atom. The van der Waals surface area contributed by atoms with Crippen LogP contribution in [0.15, 0.2) is 16.9 Å². The van der Waals surface area contributed by atoms with Gasteiger partial charge in [-0.25, -0.2) is 14.8 Å². The van der Waals surface area contributed by atoms with Crippen LogP contribution < -0.4 is 5.32 Å². The van der Waals surface area contributed by atoms with Gasteiger partial charge < -0.3 is 15.0 Å². The maximum absolute atomic E-state index is 12.5. The third-order valence-corrected chi connectivity index (χ3v) is 4.75. The highest BCUT2D eigenvalue weighted by Gasteiger charge is 2.38. The van der Waals surface area contributed by atoms with E-state index in [1.165, 1.54) is 0 Å². The second kappa shape index (κ2) is 8.65. The van der Waals surface area contributed by atoms with Crippen molar-refractivity contribution < 1.29 is 9.53 Å². The van der Waals surface area contributed by atoms with Crippen molar-refractivity contribution in [2.75, 3.05) is 5.32 Å². The third kappa shape index (κ3) is 4.82. The molecule has 6 nitrogen and oxygen atoms in total. The Balaban J connectivity index is 2.08. The number of rotatable bonds is 5. The average molecular weight is 399 g/mol. The standard InChI is InChI=1S/C17H27BrN4O2/c1-5-14-7-13(21-16-19-9-12(18)10-20-16)8-15(6-2)22(14)17(23)24-11(3)4/h9-11,13-15H,5-8H2,1-4H3,(H,19,20,21)/t13?,14-,15?/m1/s1. The molecule has 2 rings (SSSR count). The van der Waals surface area contributed by atoms with Gasteiger partial charge in [-0.15, -0.1) is 0 Å². The van der Waals surface area contributed by atoms with Gasteiger partial charge in [0.15, 0.2) is 0 Å². The zero-order chi connectivity index (χ0) is 17.7. The summed E-state index contributed by atoms with van der Waals surface area (Å²) in [4.78, 5) is 23.0. The lowest BCUT2D eigenvalue weighted by molar-refractivity contribution is 0.0253. The van der Waals surface area contributed by atoms with E-state index in [9.17, 15) is 4.79 Å². The molecule has 134 valence electrons. The molecule has 3 atom stereocenters. The zero-order valence-corrected chi connectivity index (χ0v) is 16.4. The molecule has 1 aliphatic rings. The lowest BCUT2D eigenvalue weighted by atomic mass is 9.89. The molecular weight excluding hydrogens is 372 g/mol. The summed E-state index contributed by atoms with van der Waals surface area (Å²) in [7, 11) is 0. The minimum atomic E-state index is -0.193. The SMILES string of the molecule is CCC1CC(Nc2ncc(Br)cn2)C[C@@H](CC)N1C(=O)OC(C)C. The molecule has 1 aromatic heterocycles. The molecule has 7 heteroatoms. The predicted molar refractivity (Wildman–Crippen MR) is 98.0 cm³/mol. The van der Waals surface area contributed by atoms with Crippen molar-refractivity contribution >= 4 is 28.0 Å². The smallest absolute Gasteiger partial charge is 0.410 e. The molecule has 2 unspecified atom stereocenters. The van der Waals surface area contributed by atoms with Gasteiger partial charge in [-0.05, 0) is 55.5 Å². The number of halogens is 1. The van der Waals surface area contributed by atoms with Crippen LogP contribution in [0, 0.1) is 0 Å². The van der Waals surface area contributed by atoms with Crippen molar-refractivity contribution in [1.29, 1.82) is 0 Å². The molecule has 2 heterocycles. The number of carbonyl (C=O) groups is 1. The van der Waals surface area contributed by atoms with E-state index in [4.69, 9.17) is 4.74 Å². The zero-order valence-electron chi connectivity index (χ0n) is 14.8. The molecule has 1 aromatic rings. The second-order valence-electron chi connectivity index (χ2n) is 6.50. The van der Waals surface area contributed by atoms with Crippen molar-refractivity contribution in [2.45, 2.75) is 77.6 Å². The van der Waals surface area contributed by atoms with Gasteiger partial charge in [-0.2, -0.15) is 0 Å². The van der Waals surface area contributed by atoms with Crippen LogP contribution in [0.3, 0.4) is 0 Å². The monoisotopic (exact) mass is 398 g/mol. The lowest BCUT2D eigenvalue weighted by Gasteiger charge is -2.44. The molecule has 0 spiro atoms. The van der Waals surface area contributed by atoms with E-state index in [2.05, 4.69) is 45.1 Å². The Morgan fingerprint density at radius 3 is 2.29 bits per heavy atom. The maximum atomic E-state index is 12.5. The summed E-state index contributed by atoms with van der Waals surface area (Å²) in [6, 6.07) is 0.593. The van der Waals surface area contributed by atoms with Gasteiger partial charge in [0, 0.05) is 30.5 Å². The minimum absolute atomic E-state index is 0.0977. The predicted octanol–water partition coefficient (Wildman–Crippen LogP) is 4.22. The highest BCUT2D eigenvalue weighted by Crippen LogP contribution is 2.29. The lowest BCUT2D eigenvalue weighted by Crippen LogP contribution is -2.55. The Bertz CT molecular complexity index is 524. The molecule has 0 radical (unpaired) electrons. The first-order valence-electron chi connectivity index (χ1n) is 8.67. The van der Waals surface area contributed by atoms with Gasteiger partial charge in [-0.3, -0.25) is 0 Å². The molecular formula is C17H27BrN4O2. The van der Waals surface area contributed by atoms with Crippen molar-refractivity contribution in [2.24, 2.45) is 0 Å². The summed E-state index contributed by atoms with van der Waals surface area (Å²) >= 11 is 3.34. The van der Waals surface area contributed by atoms with E-state index < -0.39 is 0 Å². The fraction of sp³-hybridized carbons (Fsp3) is 0.706. The molecule has 0 saturated carbocycles. The van der Waals surface area contributed by atoms with Crippen LogP contribution in [0.25, 0.3) is 0 Å². The summed E-state index contributed by atoms with van der Waals surface area (Å²) in [5.74, 6) is 0.631. The Morgan fingerprint density at radius 1 is 1.29 bits per heavy atom. The number of hydrogen-bond acceptors (Lipinski definition) is 5. The molecule has 1 aliphatic heterocycles. The van der Waals surface area contributed by atoms with Crippen LogP contribution in [0.1, 0.15) is 53.4 Å². The van der Waals surface area contributed by atoms with Gasteiger partial charge >= 0.3 is 6.09 Å². The summed E-state index contributed by atoms with van der Waals surface area (Å²) < 4.78 is 6.32. The fourth-order valence-electron chi connectivity index (χ4n) is 3.25. The van der Waals surface area contributed by atoms with E-state index in [1.54, 1.807) is 12.4 Å². The number of ether oxygens (including phenoxy) is 1. The Labute approximate surface area is 152 Å². The van der Waals surface area contributed by atoms with E-state index >= 15 is 0 Å². The van der Waals surface area contributed by atoms with Crippen LogP contribution in [-0.4, -0.2) is 45.2 Å². The van der Waals surface area contributed by atoms with Crippen LogP contribution in [0.5, 0.6) is 0 Å². The average Bonchev–Trinajstić information content (AvgIpc) is 2.55. The summed E-state index contributed by atoms with van der Waals surface area (Å²) in [6.07, 6.45) is 6.74. The topological polar surface area (TPSA) is 67.4 Å². The van der Waals surface area contributed by atoms with Crippen LogP contribution in [0.2, 0.25) is 0 Å². The highest BCUT2D eigenvalue weighted by molar-refractivity contribution is 9.10. The van der Waals surface area contributed by atoms with Crippen molar-refractivity contribution in [3.8, 4) is 0 Å². The molecule has 1 N–H and O–H groups in total. The number of likely N-dealkylation sites (tertiary alicyclic amines) is 1. The summed E-state index contributed by atoms with van der Waals surface area (Å²) in [5, 5.41) is 3.42. The highest BCUT2D eigenvalue weighted by atomic mass is 79.9. The number of piperidine rings is 1. The number of nitrogens with zero attached hydrogens (tertiary/aromatic N) is 3. The molecule has 1 saturated heterocycles. The third-order valence-electron chi connectivity index (χ3n) is 4.34. The van der Waals surface area contributed by atoms with E-state index in [1.807, 2.05) is 18.7 Å². The number of nitrogens with one attached hydrogen (secondary N) is 1. The maximum Gasteiger partial charge on any atom is 0.410 e. The van der Waals surface area contributed by atoms with Crippen molar-refractivity contribution in [1.82, 2.24) is 14.9 Å². The normalized spacial score (nSPS) is 24.1. The summed E-state index contributed by atoms with van der Waals surface area (Å²) in [5.41, 5.74) is 0. The largest absolute Gasteiger partial charge is 0.447 e. The van der Waals surface area contributed by atoms with Gasteiger partial charge in [0.1, 0.15) is 0 Å². The Hall–Kier alpha value is -1.37. The molecule has 0 aromatic carbocycles. The molecule has 0 bridgehead atoms. The molecule has 1 amide bonds.